The molecular weight excluding hydrogens is 103 g/mol. The molecule has 1 saturated carbocycles. The highest BCUT2D eigenvalue weighted by molar-refractivity contribution is 5.04. The summed E-state index contributed by atoms with van der Waals surface area (Å²) >= 11 is 0. The number of allylic oxidation sites excluding steroid dienone is 1. The third-order valence-corrected chi connectivity index (χ3v) is 1.74. The van der Waals surface area contributed by atoms with Crippen LogP contribution in [0.15, 0.2) is 12.7 Å². The van der Waals surface area contributed by atoms with Crippen LogP contribution in [0.25, 0.3) is 0 Å². The van der Waals surface area contributed by atoms with Gasteiger partial charge in [0.05, 0.1) is 0 Å². The molecule has 0 N–H and O–H groups in total. The van der Waals surface area contributed by atoms with Crippen LogP contribution in [0.4, 0.5) is 4.39 Å². The van der Waals surface area contributed by atoms with E-state index in [2.05, 4.69) is 13.5 Å². The number of rotatable bonds is 1. The van der Waals surface area contributed by atoms with Crippen molar-refractivity contribution >= 4 is 0 Å². The van der Waals surface area contributed by atoms with Crippen LogP contribution in [0.2, 0.25) is 0 Å². The summed E-state index contributed by atoms with van der Waals surface area (Å²) in [6.45, 7) is 5.47. The molecule has 0 spiro atoms. The van der Waals surface area contributed by atoms with Crippen LogP contribution in [0.1, 0.15) is 19.8 Å². The Morgan fingerprint density at radius 1 is 1.75 bits per heavy atom. The molecule has 0 aliphatic heterocycles. The van der Waals surface area contributed by atoms with E-state index in [9.17, 15) is 4.39 Å². The molecule has 1 aliphatic carbocycles. The Labute approximate surface area is 49.4 Å². The molecule has 0 radical (unpaired) electrons. The lowest BCUT2D eigenvalue weighted by molar-refractivity contribution is 0.0645. The van der Waals surface area contributed by atoms with E-state index in [1.54, 1.807) is 0 Å². The second kappa shape index (κ2) is 1.57. The van der Waals surface area contributed by atoms with E-state index >= 15 is 0 Å². The van der Waals surface area contributed by atoms with Gasteiger partial charge in [0.2, 0.25) is 0 Å². The molecular formula is C7H11F. The molecule has 46 valence electrons. The van der Waals surface area contributed by atoms with Crippen LogP contribution in [0.5, 0.6) is 0 Å². The van der Waals surface area contributed by atoms with Gasteiger partial charge in [-0.1, -0.05) is 19.6 Å². The molecule has 0 aromatic rings. The van der Waals surface area contributed by atoms with Crippen LogP contribution >= 0.6 is 0 Å². The molecule has 8 heavy (non-hydrogen) atoms. The Morgan fingerprint density at radius 2 is 2.25 bits per heavy atom. The van der Waals surface area contributed by atoms with Crippen LogP contribution < -0.4 is 0 Å². The van der Waals surface area contributed by atoms with E-state index in [0.717, 1.165) is 0 Å². The third-order valence-electron chi connectivity index (χ3n) is 1.74. The lowest BCUT2D eigenvalue weighted by Crippen LogP contribution is -2.35. The maximum atomic E-state index is 12.8. The van der Waals surface area contributed by atoms with Crippen LogP contribution in [-0.4, -0.2) is 5.67 Å². The summed E-state index contributed by atoms with van der Waals surface area (Å²) in [7, 11) is 0. The lowest BCUT2D eigenvalue weighted by atomic mass is 9.74. The van der Waals surface area contributed by atoms with Gasteiger partial charge in [0.1, 0.15) is 5.67 Å². The van der Waals surface area contributed by atoms with Gasteiger partial charge in [-0.2, -0.15) is 0 Å². The van der Waals surface area contributed by atoms with Crippen molar-refractivity contribution in [2.45, 2.75) is 25.4 Å². The quantitative estimate of drug-likeness (QED) is 0.459. The fourth-order valence-electron chi connectivity index (χ4n) is 1.27. The van der Waals surface area contributed by atoms with E-state index in [1.807, 2.05) is 0 Å². The summed E-state index contributed by atoms with van der Waals surface area (Å²) in [6.07, 6.45) is 2.78. The predicted octanol–water partition coefficient (Wildman–Crippen LogP) is 2.31. The summed E-state index contributed by atoms with van der Waals surface area (Å²) in [5, 5.41) is 0. The van der Waals surface area contributed by atoms with Crippen molar-refractivity contribution < 1.29 is 4.39 Å². The molecule has 0 unspecified atom stereocenters. The second-order valence-corrected chi connectivity index (χ2v) is 2.75. The van der Waals surface area contributed by atoms with Gasteiger partial charge < -0.3 is 0 Å². The molecule has 1 aliphatic rings. The molecule has 1 fully saturated rings. The molecule has 0 nitrogen and oxygen atoms in total. The fourth-order valence-corrected chi connectivity index (χ4v) is 1.27. The first kappa shape index (κ1) is 5.80. The molecule has 0 amide bonds. The Balaban J connectivity index is 2.40. The minimum Gasteiger partial charge on any atom is -0.239 e. The average molecular weight is 114 g/mol. The van der Waals surface area contributed by atoms with E-state index < -0.39 is 5.67 Å². The predicted molar refractivity (Wildman–Crippen MR) is 32.4 cm³/mol. The number of alkyl halides is 1. The van der Waals surface area contributed by atoms with Crippen LogP contribution in [0, 0.1) is 5.92 Å². The number of hydrogen-bond donors (Lipinski definition) is 0. The van der Waals surface area contributed by atoms with Crippen molar-refractivity contribution in [3.05, 3.63) is 12.7 Å². The molecule has 0 bridgehead atoms. The van der Waals surface area contributed by atoms with Gasteiger partial charge in [-0.15, -0.1) is 0 Å². The smallest absolute Gasteiger partial charge is 0.129 e. The highest BCUT2D eigenvalue weighted by atomic mass is 19.1. The topological polar surface area (TPSA) is 0 Å². The summed E-state index contributed by atoms with van der Waals surface area (Å²) in [5.41, 5.74) is -1.00. The molecule has 0 aromatic carbocycles. The first-order valence-electron chi connectivity index (χ1n) is 2.99. The largest absolute Gasteiger partial charge is 0.239 e. The van der Waals surface area contributed by atoms with Gasteiger partial charge in [0, 0.05) is 0 Å². The van der Waals surface area contributed by atoms with Crippen molar-refractivity contribution in [3.63, 3.8) is 0 Å². The Kier molecular flexibility index (Phi) is 1.14. The summed E-state index contributed by atoms with van der Waals surface area (Å²) in [4.78, 5) is 0. The Morgan fingerprint density at radius 3 is 2.38 bits per heavy atom. The molecule has 0 atom stereocenters. The SMILES string of the molecule is C=CC1(F)CC(C)C1. The maximum Gasteiger partial charge on any atom is 0.129 e. The monoisotopic (exact) mass is 114 g/mol. The van der Waals surface area contributed by atoms with Gasteiger partial charge in [-0.3, -0.25) is 0 Å². The van der Waals surface area contributed by atoms with Crippen molar-refractivity contribution in [1.29, 1.82) is 0 Å². The Bertz CT molecular complexity index is 101. The zero-order valence-electron chi connectivity index (χ0n) is 5.15. The maximum absolute atomic E-state index is 12.8. The molecule has 0 saturated heterocycles. The molecule has 0 aromatic heterocycles. The van der Waals surface area contributed by atoms with Gasteiger partial charge in [-0.05, 0) is 18.8 Å². The van der Waals surface area contributed by atoms with Gasteiger partial charge >= 0.3 is 0 Å². The lowest BCUT2D eigenvalue weighted by Gasteiger charge is -2.36. The zero-order valence-corrected chi connectivity index (χ0v) is 5.15. The van der Waals surface area contributed by atoms with Gasteiger partial charge in [0.25, 0.3) is 0 Å². The first-order valence-corrected chi connectivity index (χ1v) is 2.99. The van der Waals surface area contributed by atoms with E-state index in [4.69, 9.17) is 0 Å². The van der Waals surface area contributed by atoms with Crippen molar-refractivity contribution in [3.8, 4) is 0 Å². The number of hydrogen-bond acceptors (Lipinski definition) is 0. The van der Waals surface area contributed by atoms with Crippen LogP contribution in [0.3, 0.4) is 0 Å². The van der Waals surface area contributed by atoms with E-state index in [1.165, 1.54) is 6.08 Å². The molecule has 0 heterocycles. The highest BCUT2D eigenvalue weighted by Crippen LogP contribution is 2.41. The van der Waals surface area contributed by atoms with Gasteiger partial charge in [-0.25, -0.2) is 4.39 Å². The summed E-state index contributed by atoms with van der Waals surface area (Å²) in [6, 6.07) is 0. The Hall–Kier alpha value is -0.330. The summed E-state index contributed by atoms with van der Waals surface area (Å²) < 4.78 is 12.8. The molecule has 1 heteroatoms. The first-order chi connectivity index (χ1) is 3.66. The van der Waals surface area contributed by atoms with E-state index in [0.29, 0.717) is 18.8 Å². The number of halogens is 1. The normalized spacial score (nSPS) is 45.5. The minimum absolute atomic E-state index is 0.568. The molecule has 1 rings (SSSR count). The van der Waals surface area contributed by atoms with Gasteiger partial charge in [0.15, 0.2) is 0 Å². The zero-order chi connectivity index (χ0) is 6.20. The standard InChI is InChI=1S/C7H11F/c1-3-7(8)4-6(2)5-7/h3,6H,1,4-5H2,2H3. The highest BCUT2D eigenvalue weighted by Gasteiger charge is 2.39. The van der Waals surface area contributed by atoms with Crippen molar-refractivity contribution in [2.24, 2.45) is 5.92 Å². The minimum atomic E-state index is -1.00. The fraction of sp³-hybridized carbons (Fsp3) is 0.714. The van der Waals surface area contributed by atoms with E-state index in [-0.39, 0.29) is 0 Å². The second-order valence-electron chi connectivity index (χ2n) is 2.75. The summed E-state index contributed by atoms with van der Waals surface area (Å²) in [5.74, 6) is 0.568. The van der Waals surface area contributed by atoms with Crippen molar-refractivity contribution in [2.75, 3.05) is 0 Å². The van der Waals surface area contributed by atoms with Crippen LogP contribution in [-0.2, 0) is 0 Å². The third kappa shape index (κ3) is 0.770. The average Bonchev–Trinajstić information content (AvgIpc) is 1.63. The van der Waals surface area contributed by atoms with Crippen molar-refractivity contribution in [1.82, 2.24) is 0 Å².